The second kappa shape index (κ2) is 6.54. The van der Waals surface area contributed by atoms with Crippen molar-refractivity contribution in [3.05, 3.63) is 30.0 Å². The fraction of sp³-hybridized carbons (Fsp3) is 0.545. The van der Waals surface area contributed by atoms with Crippen molar-refractivity contribution in [2.24, 2.45) is 5.92 Å². The van der Waals surface area contributed by atoms with Crippen molar-refractivity contribution in [1.29, 1.82) is 0 Å². The van der Waals surface area contributed by atoms with Crippen molar-refractivity contribution in [3.8, 4) is 5.75 Å². The normalized spacial score (nSPS) is 21.5. The minimum atomic E-state index is -0.161. The zero-order chi connectivity index (χ0) is 19.3. The number of aromatic amines is 1. The lowest BCUT2D eigenvalue weighted by Gasteiger charge is -2.43. The van der Waals surface area contributed by atoms with Crippen LogP contribution in [0.3, 0.4) is 0 Å². The maximum absolute atomic E-state index is 13.4. The topological polar surface area (TPSA) is 65.6 Å². The molecule has 1 aromatic carbocycles. The molecule has 1 aliphatic heterocycles. The van der Waals surface area contributed by atoms with Crippen LogP contribution in [0.1, 0.15) is 48.9 Å². The summed E-state index contributed by atoms with van der Waals surface area (Å²) in [5, 5.41) is 0.893. The van der Waals surface area contributed by atoms with Crippen LogP contribution in [0.15, 0.2) is 24.4 Å². The molecule has 5 rings (SSSR count). The highest BCUT2D eigenvalue weighted by atomic mass is 16.5. The fourth-order valence-electron chi connectivity index (χ4n) is 5.03. The molecule has 1 spiro atoms. The van der Waals surface area contributed by atoms with Gasteiger partial charge in [0.2, 0.25) is 5.91 Å². The molecule has 148 valence electrons. The van der Waals surface area contributed by atoms with E-state index in [0.29, 0.717) is 31.1 Å². The summed E-state index contributed by atoms with van der Waals surface area (Å²) in [7, 11) is 1.63. The van der Waals surface area contributed by atoms with Crippen molar-refractivity contribution in [3.63, 3.8) is 0 Å². The number of benzene rings is 1. The molecular weight excluding hydrogens is 354 g/mol. The molecular formula is C22H27N3O3. The van der Waals surface area contributed by atoms with Crippen molar-refractivity contribution in [2.75, 3.05) is 26.7 Å². The van der Waals surface area contributed by atoms with Gasteiger partial charge in [0, 0.05) is 42.7 Å². The summed E-state index contributed by atoms with van der Waals surface area (Å²) in [4.78, 5) is 33.6. The minimum absolute atomic E-state index is 0.0602. The highest BCUT2D eigenvalue weighted by Crippen LogP contribution is 2.46. The Balaban J connectivity index is 1.37. The first-order valence-electron chi connectivity index (χ1n) is 10.4. The van der Waals surface area contributed by atoms with Gasteiger partial charge in [0.1, 0.15) is 5.75 Å². The van der Waals surface area contributed by atoms with E-state index < -0.39 is 0 Å². The lowest BCUT2D eigenvalue weighted by Crippen LogP contribution is -2.59. The molecule has 1 aromatic heterocycles. The van der Waals surface area contributed by atoms with Gasteiger partial charge in [0.15, 0.2) is 0 Å². The van der Waals surface area contributed by atoms with Crippen LogP contribution in [0, 0.1) is 5.92 Å². The molecule has 2 aromatic rings. The van der Waals surface area contributed by atoms with Gasteiger partial charge in [-0.3, -0.25) is 9.59 Å². The third-order valence-corrected chi connectivity index (χ3v) is 6.86. The second-order valence-electron chi connectivity index (χ2n) is 8.54. The van der Waals surface area contributed by atoms with E-state index in [1.54, 1.807) is 13.3 Å². The summed E-state index contributed by atoms with van der Waals surface area (Å²) in [6, 6.07) is 5.75. The number of nitrogens with zero attached hydrogens (tertiary/aromatic N) is 2. The Bertz CT molecular complexity index is 924. The standard InChI is InChI=1S/C22H27N3O3/c1-28-16-6-7-19-17(12-16)18(13-23-19)21(27)25-11-10-24(14-22(25)8-9-22)20(26)15-4-2-3-5-15/h6-7,12-13,15,23H,2-5,8-11,14H2,1H3. The third kappa shape index (κ3) is 2.77. The largest absolute Gasteiger partial charge is 0.497 e. The quantitative estimate of drug-likeness (QED) is 0.888. The maximum Gasteiger partial charge on any atom is 0.256 e. The number of carbonyl (C=O) groups excluding carboxylic acids is 2. The summed E-state index contributed by atoms with van der Waals surface area (Å²) >= 11 is 0. The molecule has 6 heteroatoms. The number of ether oxygens (including phenoxy) is 1. The van der Waals surface area contributed by atoms with E-state index in [4.69, 9.17) is 4.74 Å². The van der Waals surface area contributed by atoms with Crippen LogP contribution < -0.4 is 4.74 Å². The zero-order valence-electron chi connectivity index (χ0n) is 16.4. The van der Waals surface area contributed by atoms with E-state index in [1.165, 1.54) is 12.8 Å². The summed E-state index contributed by atoms with van der Waals surface area (Å²) in [6.45, 7) is 1.96. The molecule has 1 N–H and O–H groups in total. The number of hydrogen-bond donors (Lipinski definition) is 1. The number of hydrogen-bond acceptors (Lipinski definition) is 3. The number of H-pyrrole nitrogens is 1. The highest BCUT2D eigenvalue weighted by Gasteiger charge is 2.54. The Morgan fingerprint density at radius 3 is 2.68 bits per heavy atom. The number of fused-ring (bicyclic) bond motifs is 1. The van der Waals surface area contributed by atoms with Gasteiger partial charge >= 0.3 is 0 Å². The van der Waals surface area contributed by atoms with E-state index in [2.05, 4.69) is 4.98 Å². The summed E-state index contributed by atoms with van der Waals surface area (Å²) in [5.41, 5.74) is 1.46. The minimum Gasteiger partial charge on any atom is -0.497 e. The Morgan fingerprint density at radius 1 is 1.18 bits per heavy atom. The lowest BCUT2D eigenvalue weighted by atomic mass is 10.0. The van der Waals surface area contributed by atoms with Gasteiger partial charge < -0.3 is 19.5 Å². The van der Waals surface area contributed by atoms with Crippen LogP contribution >= 0.6 is 0 Å². The Morgan fingerprint density at radius 2 is 1.96 bits per heavy atom. The number of rotatable bonds is 3. The van der Waals surface area contributed by atoms with Crippen LogP contribution in [0.5, 0.6) is 5.75 Å². The summed E-state index contributed by atoms with van der Waals surface area (Å²) in [5.74, 6) is 1.33. The van der Waals surface area contributed by atoms with Crippen molar-refractivity contribution in [2.45, 2.75) is 44.1 Å². The molecule has 6 nitrogen and oxygen atoms in total. The molecule has 2 heterocycles. The number of methoxy groups -OCH3 is 1. The fourth-order valence-corrected chi connectivity index (χ4v) is 5.03. The number of nitrogens with one attached hydrogen (secondary N) is 1. The monoisotopic (exact) mass is 381 g/mol. The van der Waals surface area contributed by atoms with Gasteiger partial charge in [0.25, 0.3) is 5.91 Å². The van der Waals surface area contributed by atoms with Crippen LogP contribution in [0.4, 0.5) is 0 Å². The molecule has 3 fully saturated rings. The third-order valence-electron chi connectivity index (χ3n) is 6.86. The van der Waals surface area contributed by atoms with Gasteiger partial charge in [-0.1, -0.05) is 12.8 Å². The van der Waals surface area contributed by atoms with Crippen LogP contribution in [0.25, 0.3) is 10.9 Å². The Kier molecular flexibility index (Phi) is 4.11. The maximum atomic E-state index is 13.4. The molecule has 2 saturated carbocycles. The number of carbonyl (C=O) groups is 2. The van der Waals surface area contributed by atoms with E-state index in [0.717, 1.165) is 42.3 Å². The number of piperazine rings is 1. The van der Waals surface area contributed by atoms with Gasteiger partial charge in [-0.05, 0) is 43.9 Å². The Labute approximate surface area is 164 Å². The smallest absolute Gasteiger partial charge is 0.256 e. The van der Waals surface area contributed by atoms with E-state index in [9.17, 15) is 9.59 Å². The molecule has 28 heavy (non-hydrogen) atoms. The molecule has 2 amide bonds. The molecule has 0 radical (unpaired) electrons. The average molecular weight is 381 g/mol. The second-order valence-corrected chi connectivity index (χ2v) is 8.54. The van der Waals surface area contributed by atoms with Gasteiger partial charge in [0.05, 0.1) is 18.2 Å². The summed E-state index contributed by atoms with van der Waals surface area (Å²) < 4.78 is 5.33. The SMILES string of the molecule is COc1ccc2[nH]cc(C(=O)N3CCN(C(=O)C4CCCC4)CC34CC4)c2c1. The van der Waals surface area contributed by atoms with Crippen LogP contribution in [0.2, 0.25) is 0 Å². The summed E-state index contributed by atoms with van der Waals surface area (Å²) in [6.07, 6.45) is 8.18. The van der Waals surface area contributed by atoms with Gasteiger partial charge in [-0.15, -0.1) is 0 Å². The van der Waals surface area contributed by atoms with Crippen LogP contribution in [-0.4, -0.2) is 58.9 Å². The molecule has 3 aliphatic rings. The van der Waals surface area contributed by atoms with Crippen molar-refractivity contribution < 1.29 is 14.3 Å². The van der Waals surface area contributed by atoms with Crippen molar-refractivity contribution >= 4 is 22.7 Å². The first-order valence-corrected chi connectivity index (χ1v) is 10.4. The zero-order valence-corrected chi connectivity index (χ0v) is 16.4. The molecule has 1 saturated heterocycles. The molecule has 0 unspecified atom stereocenters. The molecule has 0 bridgehead atoms. The van der Waals surface area contributed by atoms with E-state index >= 15 is 0 Å². The molecule has 2 aliphatic carbocycles. The average Bonchev–Trinajstić information content (AvgIpc) is 3.15. The Hall–Kier alpha value is -2.50. The number of aromatic nitrogens is 1. The predicted octanol–water partition coefficient (Wildman–Crippen LogP) is 3.18. The molecule has 0 atom stereocenters. The highest BCUT2D eigenvalue weighted by molar-refractivity contribution is 6.07. The van der Waals surface area contributed by atoms with Gasteiger partial charge in [-0.25, -0.2) is 0 Å². The predicted molar refractivity (Wildman–Crippen MR) is 106 cm³/mol. The van der Waals surface area contributed by atoms with E-state index in [-0.39, 0.29) is 17.4 Å². The van der Waals surface area contributed by atoms with Gasteiger partial charge in [-0.2, -0.15) is 0 Å². The van der Waals surface area contributed by atoms with Crippen molar-refractivity contribution in [1.82, 2.24) is 14.8 Å². The van der Waals surface area contributed by atoms with Crippen LogP contribution in [-0.2, 0) is 4.79 Å². The lowest BCUT2D eigenvalue weighted by molar-refractivity contribution is -0.138. The first kappa shape index (κ1) is 17.6. The van der Waals surface area contributed by atoms with E-state index in [1.807, 2.05) is 28.0 Å². The number of amides is 2. The first-order chi connectivity index (χ1) is 13.6.